The Balaban J connectivity index is 0.000000386. The Bertz CT molecular complexity index is 1120. The van der Waals surface area contributed by atoms with Gasteiger partial charge in [0.1, 0.15) is 0 Å². The minimum Gasteiger partial charge on any atom is -0.355 e. The number of nitrogens with one attached hydrogen (secondary N) is 2. The summed E-state index contributed by atoms with van der Waals surface area (Å²) in [6, 6.07) is 16.4. The first-order chi connectivity index (χ1) is 14.2. The average Bonchev–Trinajstić information content (AvgIpc) is 3.48. The van der Waals surface area contributed by atoms with Gasteiger partial charge in [0.05, 0.1) is 22.8 Å². The van der Waals surface area contributed by atoms with Crippen molar-refractivity contribution >= 4 is 46.4 Å². The van der Waals surface area contributed by atoms with E-state index in [9.17, 15) is 0 Å². The molecular formula is C25H25N4Ru. The van der Waals surface area contributed by atoms with Crippen LogP contribution in [-0.2, 0) is 19.5 Å². The number of rotatable bonds is 2. The molecule has 3 aromatic heterocycles. The molecule has 153 valence electrons. The van der Waals surface area contributed by atoms with Crippen LogP contribution < -0.4 is 0 Å². The summed E-state index contributed by atoms with van der Waals surface area (Å²) in [5.74, 6) is 0. The number of aromatic amines is 2. The van der Waals surface area contributed by atoms with E-state index in [0.717, 1.165) is 51.3 Å². The number of hydrogen-bond donors (Lipinski definition) is 2. The Labute approximate surface area is 190 Å². The molecule has 0 saturated carbocycles. The second kappa shape index (κ2) is 10.3. The number of fused-ring (bicyclic) bond motifs is 8. The number of H-pyrrole nitrogens is 2. The van der Waals surface area contributed by atoms with Gasteiger partial charge in [0.15, 0.2) is 0 Å². The number of aromatic nitrogens is 4. The smallest absolute Gasteiger partial charge is 0.355 e. The van der Waals surface area contributed by atoms with E-state index in [4.69, 9.17) is 0 Å². The maximum atomic E-state index is 4.62. The van der Waals surface area contributed by atoms with Gasteiger partial charge in [-0.3, -0.25) is 0 Å². The van der Waals surface area contributed by atoms with E-state index in [1.165, 1.54) is 12.8 Å². The van der Waals surface area contributed by atoms with Crippen molar-refractivity contribution in [1.82, 2.24) is 19.9 Å². The molecule has 3 aromatic rings. The van der Waals surface area contributed by atoms with Crippen LogP contribution in [0, 0.1) is 6.92 Å². The van der Waals surface area contributed by atoms with Gasteiger partial charge in [-0.25, -0.2) is 9.97 Å². The Morgan fingerprint density at radius 2 is 1.07 bits per heavy atom. The Kier molecular flexibility index (Phi) is 7.53. The zero-order chi connectivity index (χ0) is 20.1. The van der Waals surface area contributed by atoms with E-state index in [-0.39, 0.29) is 19.5 Å². The monoisotopic (exact) mass is 483 g/mol. The molecule has 2 N–H and O–H groups in total. The Hall–Kier alpha value is -2.78. The van der Waals surface area contributed by atoms with E-state index >= 15 is 0 Å². The average molecular weight is 483 g/mol. The van der Waals surface area contributed by atoms with E-state index in [2.05, 4.69) is 64.1 Å². The first-order valence-corrected chi connectivity index (χ1v) is 10.1. The molecule has 5 rings (SSSR count). The van der Waals surface area contributed by atoms with Crippen LogP contribution in [0.5, 0.6) is 0 Å². The largest absolute Gasteiger partial charge is 1.00 e. The van der Waals surface area contributed by atoms with Crippen LogP contribution in [0.15, 0.2) is 48.5 Å². The maximum absolute atomic E-state index is 4.62. The minimum atomic E-state index is 0. The van der Waals surface area contributed by atoms with Gasteiger partial charge in [-0.05, 0) is 72.8 Å². The summed E-state index contributed by atoms with van der Waals surface area (Å²) in [6.45, 7) is 5.85. The fraction of sp³-hybridized carbons (Fsp3) is 0.160. The molecule has 0 spiro atoms. The van der Waals surface area contributed by atoms with Crippen LogP contribution in [0.2, 0.25) is 0 Å². The summed E-state index contributed by atoms with van der Waals surface area (Å²) in [5.41, 5.74) is 7.86. The van der Waals surface area contributed by atoms with Crippen LogP contribution in [0.25, 0.3) is 46.4 Å². The van der Waals surface area contributed by atoms with Crippen LogP contribution >= 0.6 is 0 Å². The van der Waals surface area contributed by atoms with Crippen molar-refractivity contribution in [3.05, 3.63) is 78.2 Å². The summed E-state index contributed by atoms with van der Waals surface area (Å²) >= 11 is 0. The predicted molar refractivity (Wildman–Crippen MR) is 124 cm³/mol. The van der Waals surface area contributed by atoms with E-state index in [0.29, 0.717) is 0 Å². The standard InChI is InChI=1S/C20H14N4.C5H11.Ru/c1-2-14-10-16-5-6-18(23-16)12-20-8-7-19(24-20)11-17-4-3-15(22-17)9-13(1)21-14;1-3-5-4-2;/h1-12,21-22H;1,3-5H2,2H3;/q;-1;+1. The molecule has 1 radical (unpaired) electrons. The fourth-order valence-electron chi connectivity index (χ4n) is 3.19. The second-order valence-electron chi connectivity index (χ2n) is 7.11. The van der Waals surface area contributed by atoms with Crippen molar-refractivity contribution in [3.8, 4) is 0 Å². The molecule has 8 bridgehead atoms. The number of nitrogens with zero attached hydrogens (tertiary/aromatic N) is 2. The maximum Gasteiger partial charge on any atom is 1.00 e. The van der Waals surface area contributed by atoms with Crippen LogP contribution in [0.1, 0.15) is 49.0 Å². The molecule has 30 heavy (non-hydrogen) atoms. The fourth-order valence-corrected chi connectivity index (χ4v) is 3.19. The molecule has 5 heteroatoms. The molecule has 0 aromatic carbocycles. The molecule has 0 atom stereocenters. The zero-order valence-electron chi connectivity index (χ0n) is 17.0. The van der Waals surface area contributed by atoms with Gasteiger partial charge in [-0.1, -0.05) is 19.8 Å². The molecule has 0 aliphatic carbocycles. The van der Waals surface area contributed by atoms with Crippen molar-refractivity contribution in [2.24, 2.45) is 0 Å². The van der Waals surface area contributed by atoms with Gasteiger partial charge in [-0.2, -0.15) is 6.42 Å². The Morgan fingerprint density at radius 3 is 1.43 bits per heavy atom. The summed E-state index contributed by atoms with van der Waals surface area (Å²) in [4.78, 5) is 16.0. The van der Waals surface area contributed by atoms with Gasteiger partial charge < -0.3 is 16.9 Å². The Morgan fingerprint density at radius 1 is 0.667 bits per heavy atom. The number of hydrogen-bond acceptors (Lipinski definition) is 2. The SMILES string of the molecule is C1=Cc2cc3ccc(cc4ccc(cc5nc(cc1n2)C=C5)[nH]4)[nH]3.[CH2-]CCCC.[Ru+]. The van der Waals surface area contributed by atoms with Gasteiger partial charge >= 0.3 is 19.5 Å². The summed E-state index contributed by atoms with van der Waals surface area (Å²) in [5, 5.41) is 0. The molecule has 0 amide bonds. The van der Waals surface area contributed by atoms with E-state index in [1.54, 1.807) is 0 Å². The van der Waals surface area contributed by atoms with Gasteiger partial charge in [-0.15, -0.1) is 0 Å². The van der Waals surface area contributed by atoms with Crippen molar-refractivity contribution in [2.45, 2.75) is 26.2 Å². The normalized spacial score (nSPS) is 11.5. The van der Waals surface area contributed by atoms with Crippen molar-refractivity contribution < 1.29 is 19.5 Å². The molecule has 0 saturated heterocycles. The van der Waals surface area contributed by atoms with E-state index < -0.39 is 0 Å². The third-order valence-electron chi connectivity index (χ3n) is 4.65. The van der Waals surface area contributed by atoms with Crippen molar-refractivity contribution in [3.63, 3.8) is 0 Å². The van der Waals surface area contributed by atoms with Gasteiger partial charge in [0.25, 0.3) is 0 Å². The molecular weight excluding hydrogens is 457 g/mol. The molecule has 0 unspecified atom stereocenters. The van der Waals surface area contributed by atoms with Crippen LogP contribution in [-0.4, -0.2) is 19.9 Å². The minimum absolute atomic E-state index is 0. The summed E-state index contributed by atoms with van der Waals surface area (Å²) in [6.07, 6.45) is 11.7. The zero-order valence-corrected chi connectivity index (χ0v) is 18.7. The summed E-state index contributed by atoms with van der Waals surface area (Å²) < 4.78 is 0. The third kappa shape index (κ3) is 5.64. The second-order valence-corrected chi connectivity index (χ2v) is 7.11. The number of unbranched alkanes of at least 4 members (excludes halogenated alkanes) is 2. The third-order valence-corrected chi connectivity index (χ3v) is 4.65. The van der Waals surface area contributed by atoms with Gasteiger partial charge in [0.2, 0.25) is 0 Å². The van der Waals surface area contributed by atoms with Crippen molar-refractivity contribution in [2.75, 3.05) is 0 Å². The topological polar surface area (TPSA) is 57.4 Å². The molecule has 2 aliphatic heterocycles. The summed E-state index contributed by atoms with van der Waals surface area (Å²) in [7, 11) is 0. The molecule has 4 nitrogen and oxygen atoms in total. The first-order valence-electron chi connectivity index (χ1n) is 10.1. The van der Waals surface area contributed by atoms with Crippen LogP contribution in [0.3, 0.4) is 0 Å². The van der Waals surface area contributed by atoms with Crippen molar-refractivity contribution in [1.29, 1.82) is 0 Å². The first kappa shape index (κ1) is 21.9. The molecule has 2 aliphatic rings. The quantitative estimate of drug-likeness (QED) is 0.218. The van der Waals surface area contributed by atoms with Gasteiger partial charge in [0, 0.05) is 22.1 Å². The molecule has 5 heterocycles. The van der Waals surface area contributed by atoms with Crippen LogP contribution in [0.4, 0.5) is 0 Å². The molecule has 0 fully saturated rings. The predicted octanol–water partition coefficient (Wildman–Crippen LogP) is 6.66. The van der Waals surface area contributed by atoms with E-state index in [1.807, 2.05) is 42.5 Å².